The van der Waals surface area contributed by atoms with E-state index in [2.05, 4.69) is 5.16 Å². The number of thiophene rings is 1. The smallest absolute Gasteiger partial charge is 0.256 e. The molecule has 1 aliphatic rings. The third-order valence-corrected chi connectivity index (χ3v) is 6.83. The minimum atomic E-state index is -0.500. The van der Waals surface area contributed by atoms with Gasteiger partial charge in [-0.15, -0.1) is 11.3 Å². The quantitative estimate of drug-likeness (QED) is 0.327. The summed E-state index contributed by atoms with van der Waals surface area (Å²) in [5.74, 6) is 0.528. The van der Waals surface area contributed by atoms with Gasteiger partial charge in [0.2, 0.25) is 0 Å². The van der Waals surface area contributed by atoms with Gasteiger partial charge >= 0.3 is 0 Å². The van der Waals surface area contributed by atoms with Gasteiger partial charge in [-0.2, -0.15) is 0 Å². The third-order valence-electron chi connectivity index (χ3n) is 5.31. The number of benzene rings is 2. The van der Waals surface area contributed by atoms with E-state index in [-0.39, 0.29) is 5.91 Å². The van der Waals surface area contributed by atoms with Crippen LogP contribution in [0.4, 0.5) is 5.69 Å². The third kappa shape index (κ3) is 4.07. The highest BCUT2D eigenvalue weighted by Gasteiger charge is 2.43. The SMILES string of the molecule is O=C1C(Cc2cc(-c3ccccc3)no2)N(Cc2cccs2)C(=S)N1c1cccc(Cl)c1. The Balaban J connectivity index is 1.46. The van der Waals surface area contributed by atoms with E-state index in [4.69, 9.17) is 28.3 Å². The van der Waals surface area contributed by atoms with Crippen molar-refractivity contribution in [2.24, 2.45) is 0 Å². The Morgan fingerprint density at radius 2 is 1.91 bits per heavy atom. The van der Waals surface area contributed by atoms with E-state index in [0.717, 1.165) is 16.1 Å². The molecule has 32 heavy (non-hydrogen) atoms. The van der Waals surface area contributed by atoms with Crippen LogP contribution in [-0.2, 0) is 17.8 Å². The Labute approximate surface area is 199 Å². The van der Waals surface area contributed by atoms with Crippen molar-refractivity contribution in [1.29, 1.82) is 0 Å². The molecule has 0 bridgehead atoms. The standard InChI is InChI=1S/C24H18ClN3O2S2/c25-17-8-4-9-18(12-17)28-23(29)22(27(24(28)31)15-20-10-5-11-32-20)14-19-13-21(26-30-19)16-6-2-1-3-7-16/h1-13,22H,14-15H2. The van der Waals surface area contributed by atoms with E-state index in [1.165, 1.54) is 0 Å². The minimum absolute atomic E-state index is 0.105. The minimum Gasteiger partial charge on any atom is -0.361 e. The lowest BCUT2D eigenvalue weighted by atomic mass is 10.1. The molecule has 1 atom stereocenters. The van der Waals surface area contributed by atoms with Gasteiger partial charge in [0.1, 0.15) is 17.5 Å². The van der Waals surface area contributed by atoms with E-state index in [9.17, 15) is 4.79 Å². The number of thiocarbonyl (C=S) groups is 1. The molecule has 8 heteroatoms. The van der Waals surface area contributed by atoms with Gasteiger partial charge in [-0.1, -0.05) is 59.2 Å². The monoisotopic (exact) mass is 479 g/mol. The van der Waals surface area contributed by atoms with Crippen molar-refractivity contribution in [2.45, 2.75) is 19.0 Å². The van der Waals surface area contributed by atoms with Gasteiger partial charge in [0.25, 0.3) is 5.91 Å². The highest BCUT2D eigenvalue weighted by Crippen LogP contribution is 2.31. The molecule has 0 aliphatic carbocycles. The Morgan fingerprint density at radius 1 is 1.06 bits per heavy atom. The van der Waals surface area contributed by atoms with E-state index in [1.54, 1.807) is 28.4 Å². The van der Waals surface area contributed by atoms with Crippen LogP contribution in [-0.4, -0.2) is 27.1 Å². The largest absolute Gasteiger partial charge is 0.361 e. The molecule has 2 aromatic carbocycles. The van der Waals surface area contributed by atoms with Crippen molar-refractivity contribution in [3.63, 3.8) is 0 Å². The molecule has 1 amide bonds. The predicted octanol–water partition coefficient (Wildman–Crippen LogP) is 5.80. The van der Waals surface area contributed by atoms with Gasteiger partial charge in [0.05, 0.1) is 12.2 Å². The topological polar surface area (TPSA) is 49.6 Å². The van der Waals surface area contributed by atoms with Gasteiger partial charge in [-0.05, 0) is 41.9 Å². The van der Waals surface area contributed by atoms with Crippen LogP contribution < -0.4 is 4.90 Å². The molecule has 1 fully saturated rings. The van der Waals surface area contributed by atoms with E-state index in [0.29, 0.717) is 34.5 Å². The number of hydrogen-bond acceptors (Lipinski definition) is 5. The van der Waals surface area contributed by atoms with Crippen LogP contribution in [0.5, 0.6) is 0 Å². The second kappa shape index (κ2) is 8.86. The van der Waals surface area contributed by atoms with Crippen molar-refractivity contribution < 1.29 is 9.32 Å². The Kier molecular flexibility index (Phi) is 5.78. The second-order valence-corrected chi connectivity index (χ2v) is 9.24. The van der Waals surface area contributed by atoms with E-state index in [1.807, 2.05) is 70.9 Å². The van der Waals surface area contributed by atoms with Crippen LogP contribution >= 0.6 is 35.2 Å². The Bertz CT molecular complexity index is 1260. The molecular weight excluding hydrogens is 462 g/mol. The molecule has 5 rings (SSSR count). The van der Waals surface area contributed by atoms with Gasteiger partial charge in [-0.3, -0.25) is 9.69 Å². The Morgan fingerprint density at radius 3 is 2.66 bits per heavy atom. The van der Waals surface area contributed by atoms with Crippen molar-refractivity contribution >= 4 is 51.9 Å². The lowest BCUT2D eigenvalue weighted by molar-refractivity contribution is -0.119. The van der Waals surface area contributed by atoms with Gasteiger partial charge < -0.3 is 9.42 Å². The molecular formula is C24H18ClN3O2S2. The molecule has 2 aromatic heterocycles. The van der Waals surface area contributed by atoms with Crippen LogP contribution in [0.25, 0.3) is 11.3 Å². The molecule has 3 heterocycles. The predicted molar refractivity (Wildman–Crippen MR) is 131 cm³/mol. The average molecular weight is 480 g/mol. The zero-order valence-electron chi connectivity index (χ0n) is 16.8. The molecule has 4 aromatic rings. The summed E-state index contributed by atoms with van der Waals surface area (Å²) >= 11 is 13.6. The van der Waals surface area contributed by atoms with Crippen LogP contribution in [0.2, 0.25) is 5.02 Å². The van der Waals surface area contributed by atoms with E-state index >= 15 is 0 Å². The summed E-state index contributed by atoms with van der Waals surface area (Å²) in [6.45, 7) is 0.545. The first-order valence-corrected chi connectivity index (χ1v) is 11.7. The zero-order valence-corrected chi connectivity index (χ0v) is 19.2. The summed E-state index contributed by atoms with van der Waals surface area (Å²) in [5, 5.41) is 7.22. The highest BCUT2D eigenvalue weighted by molar-refractivity contribution is 7.80. The summed E-state index contributed by atoms with van der Waals surface area (Å²) in [7, 11) is 0. The van der Waals surface area contributed by atoms with E-state index < -0.39 is 6.04 Å². The fourth-order valence-electron chi connectivity index (χ4n) is 3.78. The van der Waals surface area contributed by atoms with Crippen molar-refractivity contribution in [1.82, 2.24) is 10.1 Å². The maximum absolute atomic E-state index is 13.5. The molecule has 0 spiro atoms. The number of nitrogens with zero attached hydrogens (tertiary/aromatic N) is 3. The number of carbonyl (C=O) groups is 1. The lowest BCUT2D eigenvalue weighted by Gasteiger charge is -2.23. The van der Waals surface area contributed by atoms with Gasteiger partial charge in [-0.25, -0.2) is 0 Å². The molecule has 1 unspecified atom stereocenters. The van der Waals surface area contributed by atoms with Crippen molar-refractivity contribution in [2.75, 3.05) is 4.90 Å². The maximum atomic E-state index is 13.5. The average Bonchev–Trinajstić information content (AvgIpc) is 3.53. The molecule has 1 aliphatic heterocycles. The number of aromatic nitrogens is 1. The normalized spacial score (nSPS) is 16.2. The number of halogens is 1. The molecule has 5 nitrogen and oxygen atoms in total. The molecule has 0 radical (unpaired) electrons. The first kappa shape index (κ1) is 20.9. The summed E-state index contributed by atoms with van der Waals surface area (Å²) < 4.78 is 5.60. The lowest BCUT2D eigenvalue weighted by Crippen LogP contribution is -2.35. The molecule has 0 N–H and O–H groups in total. The number of anilines is 1. The van der Waals surface area contributed by atoms with Crippen molar-refractivity contribution in [3.05, 3.63) is 93.8 Å². The van der Waals surface area contributed by atoms with Gasteiger partial charge in [0.15, 0.2) is 5.11 Å². The summed E-state index contributed by atoms with van der Waals surface area (Å²) in [5.41, 5.74) is 2.37. The van der Waals surface area contributed by atoms with Crippen LogP contribution in [0.15, 0.2) is 82.7 Å². The molecule has 160 valence electrons. The summed E-state index contributed by atoms with van der Waals surface area (Å²) in [4.78, 5) is 18.2. The van der Waals surface area contributed by atoms with Crippen molar-refractivity contribution in [3.8, 4) is 11.3 Å². The van der Waals surface area contributed by atoms with Crippen LogP contribution in [0.1, 0.15) is 10.6 Å². The van der Waals surface area contributed by atoms with Gasteiger partial charge in [0, 0.05) is 28.0 Å². The number of hydrogen-bond donors (Lipinski definition) is 0. The Hall–Kier alpha value is -3.00. The van der Waals surface area contributed by atoms with Crippen LogP contribution in [0, 0.1) is 0 Å². The zero-order chi connectivity index (χ0) is 22.1. The second-order valence-electron chi connectivity index (χ2n) is 7.41. The number of carbonyl (C=O) groups excluding carboxylic acids is 1. The highest BCUT2D eigenvalue weighted by atomic mass is 35.5. The maximum Gasteiger partial charge on any atom is 0.256 e. The molecule has 0 saturated carbocycles. The van der Waals surface area contributed by atoms with Crippen LogP contribution in [0.3, 0.4) is 0 Å². The molecule has 1 saturated heterocycles. The number of rotatable bonds is 6. The number of amides is 1. The fraction of sp³-hybridized carbons (Fsp3) is 0.125. The summed E-state index contributed by atoms with van der Waals surface area (Å²) in [6, 6.07) is 22.4. The first-order chi connectivity index (χ1) is 15.6. The summed E-state index contributed by atoms with van der Waals surface area (Å²) in [6.07, 6.45) is 0.362. The fourth-order valence-corrected chi connectivity index (χ4v) is 5.06. The first-order valence-electron chi connectivity index (χ1n) is 10.0.